The smallest absolute Gasteiger partial charge is 0.271 e. The van der Waals surface area contributed by atoms with Gasteiger partial charge < -0.3 is 19.2 Å². The molecule has 2 aromatic heterocycles. The largest absolute Gasteiger partial charge is 0.463 e. The molecule has 0 aromatic carbocycles. The first-order valence-electron chi connectivity index (χ1n) is 10.6. The Kier molecular flexibility index (Phi) is 6.20. The average molecular weight is 400 g/mol. The summed E-state index contributed by atoms with van der Waals surface area (Å²) >= 11 is 0. The lowest BCUT2D eigenvalue weighted by atomic mass is 9.93. The second-order valence-corrected chi connectivity index (χ2v) is 9.02. The molecule has 1 aliphatic heterocycles. The maximum absolute atomic E-state index is 13.4. The van der Waals surface area contributed by atoms with Gasteiger partial charge >= 0.3 is 0 Å². The summed E-state index contributed by atoms with van der Waals surface area (Å²) < 4.78 is 7.48. The van der Waals surface area contributed by atoms with Crippen molar-refractivity contribution in [3.8, 4) is 11.5 Å². The molecule has 0 saturated carbocycles. The van der Waals surface area contributed by atoms with E-state index in [1.54, 1.807) is 11.2 Å². The van der Waals surface area contributed by atoms with Crippen LogP contribution >= 0.6 is 0 Å². The molecule has 3 rings (SSSR count). The number of aromatic nitrogens is 1. The Morgan fingerprint density at radius 3 is 2.45 bits per heavy atom. The predicted molar refractivity (Wildman–Crippen MR) is 113 cm³/mol. The summed E-state index contributed by atoms with van der Waals surface area (Å²) in [7, 11) is 0. The third-order valence-electron chi connectivity index (χ3n) is 5.71. The zero-order valence-electron chi connectivity index (χ0n) is 18.2. The van der Waals surface area contributed by atoms with E-state index >= 15 is 0 Å². The number of rotatable bonds is 8. The van der Waals surface area contributed by atoms with Crippen LogP contribution in [0.25, 0.3) is 11.5 Å². The molecule has 6 nitrogen and oxygen atoms in total. The zero-order valence-corrected chi connectivity index (χ0v) is 18.2. The standard InChI is InChI=1S/C23H33N3O3/c1-16(2)10-12-24-22(28)23(5)15-25-18(20-7-6-14-29-20)8-9-19(25)21(27)26(23)13-11-17(3)4/h6-9,14,16-17H,10-13,15H2,1-5H3,(H,24,28). The predicted octanol–water partition coefficient (Wildman–Crippen LogP) is 4.17. The first-order chi connectivity index (χ1) is 13.7. The number of carbonyl (C=O) groups is 2. The first-order valence-corrected chi connectivity index (χ1v) is 10.6. The van der Waals surface area contributed by atoms with Gasteiger partial charge in [-0.3, -0.25) is 9.59 Å². The summed E-state index contributed by atoms with van der Waals surface area (Å²) in [6.45, 7) is 12.0. The molecule has 0 fully saturated rings. The third-order valence-corrected chi connectivity index (χ3v) is 5.71. The minimum Gasteiger partial charge on any atom is -0.463 e. The van der Waals surface area contributed by atoms with E-state index in [1.165, 1.54) is 0 Å². The molecular formula is C23H33N3O3. The van der Waals surface area contributed by atoms with Crippen molar-refractivity contribution in [3.63, 3.8) is 0 Å². The molecule has 0 spiro atoms. The molecule has 158 valence electrons. The van der Waals surface area contributed by atoms with E-state index in [2.05, 4.69) is 33.0 Å². The summed E-state index contributed by atoms with van der Waals surface area (Å²) in [6.07, 6.45) is 3.38. The van der Waals surface area contributed by atoms with Gasteiger partial charge in [0.15, 0.2) is 0 Å². The number of amides is 2. The van der Waals surface area contributed by atoms with Crippen molar-refractivity contribution in [1.29, 1.82) is 0 Å². The summed E-state index contributed by atoms with van der Waals surface area (Å²) in [5, 5.41) is 3.07. The summed E-state index contributed by atoms with van der Waals surface area (Å²) in [4.78, 5) is 28.5. The van der Waals surface area contributed by atoms with E-state index in [9.17, 15) is 9.59 Å². The summed E-state index contributed by atoms with van der Waals surface area (Å²) in [6, 6.07) is 7.43. The minimum atomic E-state index is -0.948. The highest BCUT2D eigenvalue weighted by Gasteiger charge is 2.47. The van der Waals surface area contributed by atoms with Gasteiger partial charge in [0.25, 0.3) is 5.91 Å². The van der Waals surface area contributed by atoms with Crippen LogP contribution in [0.5, 0.6) is 0 Å². The molecule has 0 bridgehead atoms. The number of furan rings is 1. The van der Waals surface area contributed by atoms with Crippen molar-refractivity contribution in [2.75, 3.05) is 13.1 Å². The van der Waals surface area contributed by atoms with Crippen LogP contribution in [0.3, 0.4) is 0 Å². The van der Waals surface area contributed by atoms with Gasteiger partial charge in [0, 0.05) is 13.1 Å². The van der Waals surface area contributed by atoms with Crippen LogP contribution < -0.4 is 5.32 Å². The van der Waals surface area contributed by atoms with Gasteiger partial charge in [0.05, 0.1) is 18.5 Å². The number of fused-ring (bicyclic) bond motifs is 1. The normalized spacial score (nSPS) is 19.1. The van der Waals surface area contributed by atoms with Gasteiger partial charge in [-0.15, -0.1) is 0 Å². The lowest BCUT2D eigenvalue weighted by Crippen LogP contribution is -2.64. The van der Waals surface area contributed by atoms with E-state index in [-0.39, 0.29) is 11.8 Å². The number of hydrogen-bond acceptors (Lipinski definition) is 3. The average Bonchev–Trinajstić information content (AvgIpc) is 3.30. The molecule has 1 unspecified atom stereocenters. The van der Waals surface area contributed by atoms with E-state index in [0.717, 1.165) is 18.5 Å². The molecule has 29 heavy (non-hydrogen) atoms. The quantitative estimate of drug-likeness (QED) is 0.724. The number of nitrogens with one attached hydrogen (secondary N) is 1. The highest BCUT2D eigenvalue weighted by Crippen LogP contribution is 2.33. The van der Waals surface area contributed by atoms with Crippen LogP contribution in [0.1, 0.15) is 57.9 Å². The van der Waals surface area contributed by atoms with Crippen molar-refractivity contribution in [2.45, 2.75) is 59.5 Å². The second kappa shape index (κ2) is 8.47. The number of hydrogen-bond donors (Lipinski definition) is 1. The van der Waals surface area contributed by atoms with Gasteiger partial charge in [0.2, 0.25) is 5.91 Å². The van der Waals surface area contributed by atoms with Crippen LogP contribution in [0.2, 0.25) is 0 Å². The Hall–Kier alpha value is -2.50. The summed E-state index contributed by atoms with van der Waals surface area (Å²) in [5.41, 5.74) is 0.478. The van der Waals surface area contributed by atoms with Crippen LogP contribution in [0.4, 0.5) is 0 Å². The van der Waals surface area contributed by atoms with Crippen molar-refractivity contribution in [3.05, 3.63) is 36.2 Å². The Bertz CT molecular complexity index is 851. The Labute approximate surface area is 173 Å². The van der Waals surface area contributed by atoms with E-state index in [0.29, 0.717) is 42.9 Å². The number of carbonyl (C=O) groups excluding carboxylic acids is 2. The van der Waals surface area contributed by atoms with Crippen molar-refractivity contribution in [1.82, 2.24) is 14.8 Å². The van der Waals surface area contributed by atoms with Crippen molar-refractivity contribution < 1.29 is 14.0 Å². The van der Waals surface area contributed by atoms with Crippen molar-refractivity contribution in [2.24, 2.45) is 11.8 Å². The third kappa shape index (κ3) is 4.26. The molecule has 1 aliphatic rings. The topological polar surface area (TPSA) is 67.5 Å². The molecular weight excluding hydrogens is 366 g/mol. The molecule has 0 saturated heterocycles. The highest BCUT2D eigenvalue weighted by molar-refractivity contribution is 6.00. The Morgan fingerprint density at radius 1 is 1.14 bits per heavy atom. The molecule has 0 radical (unpaired) electrons. The van der Waals surface area contributed by atoms with E-state index in [1.807, 2.05) is 35.8 Å². The maximum atomic E-state index is 13.4. The van der Waals surface area contributed by atoms with Gasteiger partial charge in [-0.25, -0.2) is 0 Å². The van der Waals surface area contributed by atoms with Crippen LogP contribution in [0, 0.1) is 11.8 Å². The summed E-state index contributed by atoms with van der Waals surface area (Å²) in [5.74, 6) is 1.46. The Balaban J connectivity index is 1.95. The van der Waals surface area contributed by atoms with E-state index in [4.69, 9.17) is 4.42 Å². The van der Waals surface area contributed by atoms with Crippen molar-refractivity contribution >= 4 is 11.8 Å². The molecule has 6 heteroatoms. The van der Waals surface area contributed by atoms with Crippen LogP contribution in [0.15, 0.2) is 34.9 Å². The first kappa shape index (κ1) is 21.2. The number of nitrogens with zero attached hydrogens (tertiary/aromatic N) is 2. The SMILES string of the molecule is CC(C)CCNC(=O)C1(C)Cn2c(ccc2-c2ccco2)C(=O)N1CCC(C)C. The lowest BCUT2D eigenvalue weighted by Gasteiger charge is -2.44. The molecule has 1 N–H and O–H groups in total. The molecule has 1 atom stereocenters. The Morgan fingerprint density at radius 2 is 1.83 bits per heavy atom. The second-order valence-electron chi connectivity index (χ2n) is 9.02. The van der Waals surface area contributed by atoms with Gasteiger partial charge in [-0.2, -0.15) is 0 Å². The molecule has 3 heterocycles. The van der Waals surface area contributed by atoms with Gasteiger partial charge in [-0.05, 0) is 55.9 Å². The molecule has 2 amide bonds. The monoisotopic (exact) mass is 399 g/mol. The zero-order chi connectivity index (χ0) is 21.2. The van der Waals surface area contributed by atoms with Crippen LogP contribution in [-0.4, -0.2) is 39.9 Å². The van der Waals surface area contributed by atoms with Gasteiger partial charge in [0.1, 0.15) is 17.0 Å². The highest BCUT2D eigenvalue weighted by atomic mass is 16.3. The fourth-order valence-corrected chi connectivity index (χ4v) is 3.81. The van der Waals surface area contributed by atoms with Gasteiger partial charge in [-0.1, -0.05) is 27.7 Å². The van der Waals surface area contributed by atoms with Crippen LogP contribution in [-0.2, 0) is 11.3 Å². The molecule has 2 aromatic rings. The maximum Gasteiger partial charge on any atom is 0.271 e. The van der Waals surface area contributed by atoms with E-state index < -0.39 is 5.54 Å². The minimum absolute atomic E-state index is 0.0972. The fourth-order valence-electron chi connectivity index (χ4n) is 3.81. The fraction of sp³-hybridized carbons (Fsp3) is 0.565. The molecule has 0 aliphatic carbocycles. The lowest BCUT2D eigenvalue weighted by molar-refractivity contribution is -0.133.